The van der Waals surface area contributed by atoms with E-state index in [1.807, 2.05) is 39.3 Å². The third-order valence-electron chi connectivity index (χ3n) is 3.53. The molecular formula is C14H25N5O2. The molecule has 21 heavy (non-hydrogen) atoms. The Labute approximate surface area is 125 Å². The largest absolute Gasteiger partial charge is 0.444 e. The van der Waals surface area contributed by atoms with Gasteiger partial charge in [-0.25, -0.2) is 9.48 Å². The standard InChI is InChI=1S/C14H25N5O2/c1-10(2)19-11(8-16-17-19)14(15)6-7-18(9-14)12(20)21-13(3,4)5/h8,10H,6-7,9,15H2,1-5H3. The molecule has 2 heterocycles. The van der Waals surface area contributed by atoms with E-state index < -0.39 is 11.1 Å². The number of carbonyl (C=O) groups excluding carboxylic acids is 1. The zero-order chi connectivity index (χ0) is 15.8. The Morgan fingerprint density at radius 2 is 2.14 bits per heavy atom. The summed E-state index contributed by atoms with van der Waals surface area (Å²) in [5.41, 5.74) is 6.25. The van der Waals surface area contributed by atoms with E-state index in [9.17, 15) is 4.79 Å². The van der Waals surface area contributed by atoms with Gasteiger partial charge in [0.2, 0.25) is 0 Å². The van der Waals surface area contributed by atoms with E-state index in [1.165, 1.54) is 0 Å². The molecule has 1 aromatic heterocycles. The van der Waals surface area contributed by atoms with Gasteiger partial charge < -0.3 is 15.4 Å². The molecule has 118 valence electrons. The van der Waals surface area contributed by atoms with E-state index >= 15 is 0 Å². The van der Waals surface area contributed by atoms with Crippen LogP contribution in [0.4, 0.5) is 4.79 Å². The molecule has 1 amide bonds. The number of nitrogens with two attached hydrogens (primary N) is 1. The van der Waals surface area contributed by atoms with Crippen LogP contribution in [0, 0.1) is 0 Å². The number of likely N-dealkylation sites (tertiary alicyclic amines) is 1. The van der Waals surface area contributed by atoms with Crippen LogP contribution >= 0.6 is 0 Å². The number of hydrogen-bond donors (Lipinski definition) is 1. The summed E-state index contributed by atoms with van der Waals surface area (Å²) < 4.78 is 7.22. The molecule has 0 radical (unpaired) electrons. The second kappa shape index (κ2) is 5.29. The Balaban J connectivity index is 2.13. The van der Waals surface area contributed by atoms with Crippen LogP contribution in [0.1, 0.15) is 52.8 Å². The molecule has 7 heteroatoms. The predicted octanol–water partition coefficient (Wildman–Crippen LogP) is 1.65. The van der Waals surface area contributed by atoms with Crippen LogP contribution in [-0.2, 0) is 10.3 Å². The SMILES string of the molecule is CC(C)n1nncc1C1(N)CCN(C(=O)OC(C)(C)C)C1. The van der Waals surface area contributed by atoms with Crippen LogP contribution in [0.3, 0.4) is 0 Å². The van der Waals surface area contributed by atoms with Crippen LogP contribution in [-0.4, -0.2) is 44.7 Å². The van der Waals surface area contributed by atoms with Gasteiger partial charge in [-0.15, -0.1) is 5.10 Å². The highest BCUT2D eigenvalue weighted by Gasteiger charge is 2.42. The minimum absolute atomic E-state index is 0.179. The molecule has 1 fully saturated rings. The Hall–Kier alpha value is -1.63. The lowest BCUT2D eigenvalue weighted by Gasteiger charge is -2.27. The minimum Gasteiger partial charge on any atom is -0.444 e. The molecule has 1 aliphatic heterocycles. The normalized spacial score (nSPS) is 22.9. The monoisotopic (exact) mass is 295 g/mol. The van der Waals surface area contributed by atoms with Crippen LogP contribution < -0.4 is 5.73 Å². The third-order valence-corrected chi connectivity index (χ3v) is 3.53. The van der Waals surface area contributed by atoms with Crippen LogP contribution in [0.25, 0.3) is 0 Å². The van der Waals surface area contributed by atoms with Crippen molar-refractivity contribution in [3.8, 4) is 0 Å². The summed E-state index contributed by atoms with van der Waals surface area (Å²) in [7, 11) is 0. The van der Waals surface area contributed by atoms with E-state index in [2.05, 4.69) is 10.3 Å². The van der Waals surface area contributed by atoms with Gasteiger partial charge in [-0.05, 0) is 41.0 Å². The zero-order valence-electron chi connectivity index (χ0n) is 13.5. The molecule has 0 bridgehead atoms. The summed E-state index contributed by atoms with van der Waals surface area (Å²) in [5, 5.41) is 8.05. The summed E-state index contributed by atoms with van der Waals surface area (Å²) in [6.07, 6.45) is 2.05. The van der Waals surface area contributed by atoms with Crippen molar-refractivity contribution in [2.45, 2.75) is 58.2 Å². The molecule has 0 aliphatic carbocycles. The lowest BCUT2D eigenvalue weighted by Crippen LogP contribution is -2.44. The molecule has 1 aliphatic rings. The van der Waals surface area contributed by atoms with Gasteiger partial charge in [-0.2, -0.15) is 0 Å². The first-order chi connectivity index (χ1) is 9.62. The molecule has 0 saturated carbocycles. The number of carbonyl (C=O) groups is 1. The van der Waals surface area contributed by atoms with Gasteiger partial charge >= 0.3 is 6.09 Å². The molecule has 2 rings (SSSR count). The molecule has 1 aromatic rings. The highest BCUT2D eigenvalue weighted by Crippen LogP contribution is 2.31. The first-order valence-corrected chi connectivity index (χ1v) is 7.30. The van der Waals surface area contributed by atoms with Crippen LogP contribution in [0.5, 0.6) is 0 Å². The Morgan fingerprint density at radius 1 is 1.48 bits per heavy atom. The second-order valence-corrected chi connectivity index (χ2v) is 6.97. The van der Waals surface area contributed by atoms with Crippen molar-refractivity contribution in [3.05, 3.63) is 11.9 Å². The Bertz CT molecular complexity index is 520. The lowest BCUT2D eigenvalue weighted by molar-refractivity contribution is 0.0283. The van der Waals surface area contributed by atoms with Gasteiger partial charge in [-0.3, -0.25) is 0 Å². The number of rotatable bonds is 2. The smallest absolute Gasteiger partial charge is 0.410 e. The van der Waals surface area contributed by atoms with Gasteiger partial charge in [0.1, 0.15) is 5.60 Å². The van der Waals surface area contributed by atoms with Gasteiger partial charge in [0.05, 0.1) is 17.4 Å². The van der Waals surface area contributed by atoms with Crippen molar-refractivity contribution in [2.24, 2.45) is 5.73 Å². The van der Waals surface area contributed by atoms with E-state index in [-0.39, 0.29) is 12.1 Å². The number of aromatic nitrogens is 3. The van der Waals surface area contributed by atoms with E-state index in [4.69, 9.17) is 10.5 Å². The number of hydrogen-bond acceptors (Lipinski definition) is 5. The maximum atomic E-state index is 12.1. The average Bonchev–Trinajstić information content (AvgIpc) is 2.93. The number of ether oxygens (including phenoxy) is 1. The zero-order valence-corrected chi connectivity index (χ0v) is 13.5. The first-order valence-electron chi connectivity index (χ1n) is 7.30. The van der Waals surface area contributed by atoms with E-state index in [0.29, 0.717) is 19.5 Å². The third kappa shape index (κ3) is 3.34. The molecular weight excluding hydrogens is 270 g/mol. The summed E-state index contributed by atoms with van der Waals surface area (Å²) in [6.45, 7) is 10.6. The van der Waals surface area contributed by atoms with Crippen LogP contribution in [0.15, 0.2) is 6.20 Å². The van der Waals surface area contributed by atoms with Gasteiger partial charge in [0.15, 0.2) is 0 Å². The van der Waals surface area contributed by atoms with Crippen molar-refractivity contribution < 1.29 is 9.53 Å². The fourth-order valence-corrected chi connectivity index (χ4v) is 2.51. The molecule has 1 atom stereocenters. The second-order valence-electron chi connectivity index (χ2n) is 6.97. The molecule has 7 nitrogen and oxygen atoms in total. The summed E-state index contributed by atoms with van der Waals surface area (Å²) >= 11 is 0. The number of nitrogens with zero attached hydrogens (tertiary/aromatic N) is 4. The lowest BCUT2D eigenvalue weighted by atomic mass is 9.96. The molecule has 1 unspecified atom stereocenters. The Kier molecular flexibility index (Phi) is 3.97. The highest BCUT2D eigenvalue weighted by molar-refractivity contribution is 5.68. The fraction of sp³-hybridized carbons (Fsp3) is 0.786. The van der Waals surface area contributed by atoms with Gasteiger partial charge in [-0.1, -0.05) is 5.21 Å². The maximum Gasteiger partial charge on any atom is 0.410 e. The molecule has 2 N–H and O–H groups in total. The number of amides is 1. The summed E-state index contributed by atoms with van der Waals surface area (Å²) in [5.74, 6) is 0. The summed E-state index contributed by atoms with van der Waals surface area (Å²) in [4.78, 5) is 13.8. The van der Waals surface area contributed by atoms with Gasteiger partial charge in [0, 0.05) is 19.1 Å². The van der Waals surface area contributed by atoms with Crippen LogP contribution in [0.2, 0.25) is 0 Å². The van der Waals surface area contributed by atoms with Crippen molar-refractivity contribution >= 4 is 6.09 Å². The summed E-state index contributed by atoms with van der Waals surface area (Å²) in [6, 6.07) is 0.179. The van der Waals surface area contributed by atoms with Crippen molar-refractivity contribution in [1.82, 2.24) is 19.9 Å². The molecule has 0 spiro atoms. The molecule has 1 saturated heterocycles. The predicted molar refractivity (Wildman–Crippen MR) is 78.7 cm³/mol. The van der Waals surface area contributed by atoms with Crippen molar-refractivity contribution in [1.29, 1.82) is 0 Å². The van der Waals surface area contributed by atoms with E-state index in [0.717, 1.165) is 5.69 Å². The topological polar surface area (TPSA) is 86.3 Å². The first kappa shape index (κ1) is 15.8. The Morgan fingerprint density at radius 3 is 2.71 bits per heavy atom. The maximum absolute atomic E-state index is 12.1. The quantitative estimate of drug-likeness (QED) is 0.896. The van der Waals surface area contributed by atoms with Crippen molar-refractivity contribution in [3.63, 3.8) is 0 Å². The minimum atomic E-state index is -0.620. The average molecular weight is 295 g/mol. The highest BCUT2D eigenvalue weighted by atomic mass is 16.6. The fourth-order valence-electron chi connectivity index (χ4n) is 2.51. The van der Waals surface area contributed by atoms with Gasteiger partial charge in [0.25, 0.3) is 0 Å². The van der Waals surface area contributed by atoms with E-state index in [1.54, 1.807) is 11.1 Å². The molecule has 0 aromatic carbocycles. The van der Waals surface area contributed by atoms with Crippen molar-refractivity contribution in [2.75, 3.05) is 13.1 Å².